The van der Waals surface area contributed by atoms with Gasteiger partial charge in [0.25, 0.3) is 9.05 Å². The minimum absolute atomic E-state index is 0.127. The van der Waals surface area contributed by atoms with E-state index in [2.05, 4.69) is 0 Å². The van der Waals surface area contributed by atoms with Gasteiger partial charge in [-0.2, -0.15) is 0 Å². The summed E-state index contributed by atoms with van der Waals surface area (Å²) in [5, 5.41) is 0.802. The van der Waals surface area contributed by atoms with Gasteiger partial charge in [-0.15, -0.1) is 0 Å². The molecule has 0 amide bonds. The summed E-state index contributed by atoms with van der Waals surface area (Å²) in [6.45, 7) is 0. The molecule has 1 aromatic carbocycles. The highest BCUT2D eigenvalue weighted by molar-refractivity contribution is 8.16. The lowest BCUT2D eigenvalue weighted by Gasteiger charge is -1.99. The van der Waals surface area contributed by atoms with E-state index >= 15 is 0 Å². The largest absolute Gasteiger partial charge is 0.254 e. The quantitative estimate of drug-likeness (QED) is 0.789. The van der Waals surface area contributed by atoms with Crippen molar-refractivity contribution in [2.24, 2.45) is 0 Å². The van der Waals surface area contributed by atoms with Crippen LogP contribution in [0.25, 0.3) is 6.08 Å². The van der Waals surface area contributed by atoms with Gasteiger partial charge >= 0.3 is 0 Å². The Morgan fingerprint density at radius 3 is 2.31 bits per heavy atom. The van der Waals surface area contributed by atoms with Gasteiger partial charge in [-0.25, -0.2) is 16.8 Å². The number of sulfone groups is 1. The third-order valence-electron chi connectivity index (χ3n) is 1.71. The smallest absolute Gasteiger partial charge is 0.224 e. The van der Waals surface area contributed by atoms with E-state index in [0.717, 1.165) is 11.7 Å². The molecule has 0 fully saturated rings. The summed E-state index contributed by atoms with van der Waals surface area (Å²) in [5.41, 5.74) is 0.451. The summed E-state index contributed by atoms with van der Waals surface area (Å²) in [6.07, 6.45) is 2.31. The van der Waals surface area contributed by atoms with Gasteiger partial charge < -0.3 is 0 Å². The van der Waals surface area contributed by atoms with Crippen molar-refractivity contribution in [3.63, 3.8) is 0 Å². The lowest BCUT2D eigenvalue weighted by Crippen LogP contribution is -1.96. The minimum Gasteiger partial charge on any atom is -0.224 e. The second-order valence-corrected chi connectivity index (χ2v) is 7.65. The zero-order chi connectivity index (χ0) is 12.4. The van der Waals surface area contributed by atoms with Crippen molar-refractivity contribution in [3.8, 4) is 0 Å². The lowest BCUT2D eigenvalue weighted by atomic mass is 10.2. The van der Waals surface area contributed by atoms with E-state index in [1.807, 2.05) is 0 Å². The van der Waals surface area contributed by atoms with Gasteiger partial charge in [0.05, 0.1) is 4.90 Å². The lowest BCUT2D eigenvalue weighted by molar-refractivity contribution is 0.601. The van der Waals surface area contributed by atoms with E-state index in [1.54, 1.807) is 6.07 Å². The maximum absolute atomic E-state index is 11.2. The van der Waals surface area contributed by atoms with Crippen molar-refractivity contribution in [1.82, 2.24) is 0 Å². The van der Waals surface area contributed by atoms with E-state index in [4.69, 9.17) is 10.7 Å². The summed E-state index contributed by atoms with van der Waals surface area (Å²) in [6, 6.07) is 5.90. The molecule has 4 nitrogen and oxygen atoms in total. The van der Waals surface area contributed by atoms with E-state index in [-0.39, 0.29) is 4.90 Å². The van der Waals surface area contributed by atoms with Crippen LogP contribution in [-0.2, 0) is 18.9 Å². The van der Waals surface area contributed by atoms with Crippen LogP contribution < -0.4 is 0 Å². The fourth-order valence-electron chi connectivity index (χ4n) is 1.01. The number of halogens is 1. The van der Waals surface area contributed by atoms with Crippen LogP contribution in [0.5, 0.6) is 0 Å². The predicted molar refractivity (Wildman–Crippen MR) is 63.4 cm³/mol. The molecule has 7 heteroatoms. The van der Waals surface area contributed by atoms with Crippen LogP contribution in [0.2, 0.25) is 0 Å². The number of rotatable bonds is 3. The first kappa shape index (κ1) is 13.2. The first-order valence-electron chi connectivity index (χ1n) is 4.11. The molecule has 0 aromatic heterocycles. The normalized spacial score (nSPS) is 13.1. The van der Waals surface area contributed by atoms with Crippen LogP contribution in [0.1, 0.15) is 5.56 Å². The molecule has 0 bridgehead atoms. The minimum atomic E-state index is -3.73. The van der Waals surface area contributed by atoms with Crippen molar-refractivity contribution in [1.29, 1.82) is 0 Å². The van der Waals surface area contributed by atoms with E-state index in [1.165, 1.54) is 24.3 Å². The summed E-state index contributed by atoms with van der Waals surface area (Å²) < 4.78 is 43.7. The fourth-order valence-corrected chi connectivity index (χ4v) is 2.16. The zero-order valence-corrected chi connectivity index (χ0v) is 10.7. The Labute approximate surface area is 98.9 Å². The Hall–Kier alpha value is -0.850. The Bertz CT molecular complexity index is 615. The average molecular weight is 281 g/mol. The third-order valence-corrected chi connectivity index (χ3v) is 3.59. The van der Waals surface area contributed by atoms with E-state index in [9.17, 15) is 16.8 Å². The van der Waals surface area contributed by atoms with Gasteiger partial charge in [0, 0.05) is 22.3 Å². The van der Waals surface area contributed by atoms with Crippen molar-refractivity contribution in [2.45, 2.75) is 4.90 Å². The molecule has 0 heterocycles. The molecule has 0 spiro atoms. The molecular weight excluding hydrogens is 272 g/mol. The Morgan fingerprint density at radius 1 is 1.19 bits per heavy atom. The highest BCUT2D eigenvalue weighted by atomic mass is 35.7. The maximum Gasteiger partial charge on any atom is 0.254 e. The summed E-state index contributed by atoms with van der Waals surface area (Å²) in [4.78, 5) is 0.127. The van der Waals surface area contributed by atoms with Crippen LogP contribution in [0.15, 0.2) is 34.6 Å². The molecule has 0 saturated carbocycles. The van der Waals surface area contributed by atoms with Gasteiger partial charge in [-0.05, 0) is 23.8 Å². The molecule has 0 atom stereocenters. The highest BCUT2D eigenvalue weighted by Crippen LogP contribution is 2.13. The third kappa shape index (κ3) is 4.34. The molecule has 1 rings (SSSR count). The number of hydrogen-bond donors (Lipinski definition) is 0. The fraction of sp³-hybridized carbons (Fsp3) is 0.111. The molecular formula is C9H9ClO4S2. The van der Waals surface area contributed by atoms with Crippen LogP contribution in [-0.4, -0.2) is 23.1 Å². The predicted octanol–water partition coefficient (Wildman–Crippen LogP) is 1.63. The van der Waals surface area contributed by atoms with Crippen molar-refractivity contribution in [2.75, 3.05) is 6.26 Å². The molecule has 88 valence electrons. The van der Waals surface area contributed by atoms with Crippen LogP contribution in [0, 0.1) is 0 Å². The zero-order valence-electron chi connectivity index (χ0n) is 8.29. The van der Waals surface area contributed by atoms with Crippen LogP contribution >= 0.6 is 10.7 Å². The molecule has 0 saturated heterocycles. The van der Waals surface area contributed by atoms with Gasteiger partial charge in [-0.1, -0.05) is 12.1 Å². The first-order valence-corrected chi connectivity index (χ1v) is 8.38. The maximum atomic E-state index is 11.2. The molecule has 0 radical (unpaired) electrons. The summed E-state index contributed by atoms with van der Waals surface area (Å²) >= 11 is 0. The summed E-state index contributed by atoms with van der Waals surface area (Å²) in [5.74, 6) is 0. The Morgan fingerprint density at radius 2 is 1.81 bits per heavy atom. The monoisotopic (exact) mass is 280 g/mol. The van der Waals surface area contributed by atoms with Crippen LogP contribution in [0.4, 0.5) is 0 Å². The van der Waals surface area contributed by atoms with Gasteiger partial charge in [-0.3, -0.25) is 0 Å². The second kappa shape index (κ2) is 4.57. The first-order chi connectivity index (χ1) is 7.18. The van der Waals surface area contributed by atoms with E-state index < -0.39 is 18.9 Å². The van der Waals surface area contributed by atoms with Crippen LogP contribution in [0.3, 0.4) is 0 Å². The Kier molecular flexibility index (Phi) is 3.77. The molecule has 1 aromatic rings. The van der Waals surface area contributed by atoms with E-state index in [0.29, 0.717) is 5.56 Å². The van der Waals surface area contributed by atoms with Gasteiger partial charge in [0.1, 0.15) is 0 Å². The molecule has 0 aliphatic heterocycles. The number of hydrogen-bond acceptors (Lipinski definition) is 4. The molecule has 0 N–H and O–H groups in total. The van der Waals surface area contributed by atoms with Crippen molar-refractivity contribution >= 4 is 35.6 Å². The topological polar surface area (TPSA) is 68.3 Å². The molecule has 0 unspecified atom stereocenters. The Balaban J connectivity index is 3.15. The SMILES string of the molecule is CS(=O)(=O)c1cccc(C=CS(=O)(=O)Cl)c1. The molecule has 0 aliphatic carbocycles. The van der Waals surface area contributed by atoms with Crippen molar-refractivity contribution < 1.29 is 16.8 Å². The standard InChI is InChI=1S/C9H9ClO4S2/c1-15(11,12)9-4-2-3-8(7-9)5-6-16(10,13)14/h2-7H,1H3. The second-order valence-electron chi connectivity index (χ2n) is 3.12. The summed E-state index contributed by atoms with van der Waals surface area (Å²) in [7, 11) is -2.04. The van der Waals surface area contributed by atoms with Gasteiger partial charge in [0.2, 0.25) is 0 Å². The average Bonchev–Trinajstić information content (AvgIpc) is 2.13. The van der Waals surface area contributed by atoms with Crippen molar-refractivity contribution in [3.05, 3.63) is 35.2 Å². The molecule has 0 aliphatic rings. The number of benzene rings is 1. The highest BCUT2D eigenvalue weighted by Gasteiger charge is 2.06. The molecule has 16 heavy (non-hydrogen) atoms. The van der Waals surface area contributed by atoms with Gasteiger partial charge in [0.15, 0.2) is 9.84 Å².